The summed E-state index contributed by atoms with van der Waals surface area (Å²) in [6.45, 7) is 7.29. The molecule has 26 heavy (non-hydrogen) atoms. The van der Waals surface area contributed by atoms with Crippen molar-refractivity contribution in [3.63, 3.8) is 0 Å². The van der Waals surface area contributed by atoms with Gasteiger partial charge in [0.1, 0.15) is 17.9 Å². The normalized spacial score (nSPS) is 17.3. The number of aromatic nitrogens is 3. The van der Waals surface area contributed by atoms with Gasteiger partial charge in [-0.1, -0.05) is 5.16 Å². The first kappa shape index (κ1) is 17.0. The molecule has 1 saturated heterocycles. The highest BCUT2D eigenvalue weighted by molar-refractivity contribution is 5.79. The fourth-order valence-electron chi connectivity index (χ4n) is 3.98. The molecule has 0 N–H and O–H groups in total. The predicted molar refractivity (Wildman–Crippen MR) is 97.1 cm³/mol. The lowest BCUT2D eigenvalue weighted by molar-refractivity contribution is -0.130. The first-order valence-electron chi connectivity index (χ1n) is 9.40. The van der Waals surface area contributed by atoms with Crippen LogP contribution in [0.2, 0.25) is 0 Å². The Morgan fingerprint density at radius 2 is 1.88 bits per heavy atom. The van der Waals surface area contributed by atoms with Crippen LogP contribution in [0.4, 0.5) is 5.82 Å². The van der Waals surface area contributed by atoms with Gasteiger partial charge in [0.05, 0.1) is 17.8 Å². The van der Waals surface area contributed by atoms with E-state index >= 15 is 0 Å². The van der Waals surface area contributed by atoms with E-state index in [2.05, 4.69) is 20.0 Å². The second kappa shape index (κ2) is 7.05. The van der Waals surface area contributed by atoms with Gasteiger partial charge in [0.15, 0.2) is 0 Å². The third-order valence-electron chi connectivity index (χ3n) is 5.53. The Bertz CT molecular complexity index is 791. The van der Waals surface area contributed by atoms with Crippen LogP contribution in [0.3, 0.4) is 0 Å². The van der Waals surface area contributed by atoms with Gasteiger partial charge < -0.3 is 14.3 Å². The van der Waals surface area contributed by atoms with E-state index in [1.165, 1.54) is 18.4 Å². The molecule has 0 aromatic carbocycles. The maximum atomic E-state index is 12.8. The Morgan fingerprint density at radius 3 is 2.62 bits per heavy atom. The van der Waals surface area contributed by atoms with Crippen LogP contribution in [0.25, 0.3) is 0 Å². The van der Waals surface area contributed by atoms with Gasteiger partial charge in [0, 0.05) is 43.7 Å². The molecule has 0 spiro atoms. The third-order valence-corrected chi connectivity index (χ3v) is 5.53. The molecule has 7 heteroatoms. The molecule has 138 valence electrons. The first-order chi connectivity index (χ1) is 12.6. The third kappa shape index (κ3) is 3.18. The molecule has 4 rings (SSSR count). The number of fused-ring (bicyclic) bond motifs is 1. The molecule has 2 aromatic rings. The zero-order valence-corrected chi connectivity index (χ0v) is 15.5. The smallest absolute Gasteiger partial charge is 0.227 e. The van der Waals surface area contributed by atoms with Gasteiger partial charge in [-0.3, -0.25) is 4.79 Å². The van der Waals surface area contributed by atoms with Crippen LogP contribution in [-0.4, -0.2) is 52.1 Å². The molecule has 1 fully saturated rings. The predicted octanol–water partition coefficient (Wildman–Crippen LogP) is 1.85. The summed E-state index contributed by atoms with van der Waals surface area (Å²) in [7, 11) is 0. The number of aryl methyl sites for hydroxylation is 2. The standard InChI is InChI=1S/C19H25N5O2/c1-13-16(14(2)26-22-13)11-18(25)23-9-5-15-17(6-10-23)20-12-21-19(15)24-7-3-4-8-24/h12H,3-11H2,1-2H3. The summed E-state index contributed by atoms with van der Waals surface area (Å²) in [5.74, 6) is 1.94. The minimum Gasteiger partial charge on any atom is -0.361 e. The van der Waals surface area contributed by atoms with Crippen molar-refractivity contribution in [2.75, 3.05) is 31.1 Å². The van der Waals surface area contributed by atoms with Crippen LogP contribution >= 0.6 is 0 Å². The topological polar surface area (TPSA) is 75.4 Å². The summed E-state index contributed by atoms with van der Waals surface area (Å²) in [6, 6.07) is 0. The van der Waals surface area contributed by atoms with E-state index in [-0.39, 0.29) is 5.91 Å². The van der Waals surface area contributed by atoms with Crippen molar-refractivity contribution >= 4 is 11.7 Å². The summed E-state index contributed by atoms with van der Waals surface area (Å²) in [5.41, 5.74) is 4.03. The van der Waals surface area contributed by atoms with Gasteiger partial charge in [-0.2, -0.15) is 0 Å². The van der Waals surface area contributed by atoms with E-state index in [0.717, 1.165) is 54.5 Å². The van der Waals surface area contributed by atoms with Crippen LogP contribution < -0.4 is 4.90 Å². The van der Waals surface area contributed by atoms with E-state index in [9.17, 15) is 4.79 Å². The van der Waals surface area contributed by atoms with Crippen LogP contribution in [0.5, 0.6) is 0 Å². The summed E-state index contributed by atoms with van der Waals surface area (Å²) < 4.78 is 5.19. The first-order valence-corrected chi connectivity index (χ1v) is 9.40. The Hall–Kier alpha value is -2.44. The number of rotatable bonds is 3. The van der Waals surface area contributed by atoms with Crippen molar-refractivity contribution in [2.45, 2.75) is 46.0 Å². The average molecular weight is 355 g/mol. The molecule has 0 bridgehead atoms. The van der Waals surface area contributed by atoms with Crippen LogP contribution in [0, 0.1) is 13.8 Å². The minimum atomic E-state index is 0.128. The highest BCUT2D eigenvalue weighted by atomic mass is 16.5. The molecular weight excluding hydrogens is 330 g/mol. The molecule has 7 nitrogen and oxygen atoms in total. The number of anilines is 1. The van der Waals surface area contributed by atoms with Gasteiger partial charge in [-0.05, 0) is 33.1 Å². The SMILES string of the molecule is Cc1noc(C)c1CC(=O)N1CCc2ncnc(N3CCCC3)c2CC1. The summed E-state index contributed by atoms with van der Waals surface area (Å²) in [5, 5.41) is 3.95. The quantitative estimate of drug-likeness (QED) is 0.836. The lowest BCUT2D eigenvalue weighted by atomic mass is 10.1. The molecule has 0 unspecified atom stereocenters. The second-order valence-electron chi connectivity index (χ2n) is 7.18. The van der Waals surface area contributed by atoms with Gasteiger partial charge in [-0.25, -0.2) is 9.97 Å². The fraction of sp³-hybridized carbons (Fsp3) is 0.579. The molecule has 0 atom stereocenters. The zero-order valence-electron chi connectivity index (χ0n) is 15.5. The largest absolute Gasteiger partial charge is 0.361 e. The monoisotopic (exact) mass is 355 g/mol. The van der Waals surface area contributed by atoms with Gasteiger partial charge >= 0.3 is 0 Å². The van der Waals surface area contributed by atoms with E-state index < -0.39 is 0 Å². The van der Waals surface area contributed by atoms with Crippen molar-refractivity contribution in [1.82, 2.24) is 20.0 Å². The van der Waals surface area contributed by atoms with E-state index in [4.69, 9.17) is 4.52 Å². The number of amides is 1. The van der Waals surface area contributed by atoms with Crippen LogP contribution in [-0.2, 0) is 24.1 Å². The molecule has 0 saturated carbocycles. The highest BCUT2D eigenvalue weighted by Crippen LogP contribution is 2.26. The van der Waals surface area contributed by atoms with E-state index in [1.54, 1.807) is 6.33 Å². The minimum absolute atomic E-state index is 0.128. The highest BCUT2D eigenvalue weighted by Gasteiger charge is 2.25. The zero-order chi connectivity index (χ0) is 18.1. The van der Waals surface area contributed by atoms with Crippen LogP contribution in [0.15, 0.2) is 10.9 Å². The molecule has 1 amide bonds. The Balaban J connectivity index is 1.49. The molecule has 0 radical (unpaired) electrons. The van der Waals surface area contributed by atoms with Crippen molar-refractivity contribution in [1.29, 1.82) is 0 Å². The molecule has 4 heterocycles. The number of hydrogen-bond donors (Lipinski definition) is 0. The molecular formula is C19H25N5O2. The second-order valence-corrected chi connectivity index (χ2v) is 7.18. The summed E-state index contributed by atoms with van der Waals surface area (Å²) >= 11 is 0. The van der Waals surface area contributed by atoms with Gasteiger partial charge in [0.2, 0.25) is 5.91 Å². The lowest BCUT2D eigenvalue weighted by Crippen LogP contribution is -2.34. The molecule has 0 aliphatic carbocycles. The van der Waals surface area contributed by atoms with Gasteiger partial charge in [0.25, 0.3) is 0 Å². The number of nitrogens with zero attached hydrogens (tertiary/aromatic N) is 5. The number of carbonyl (C=O) groups is 1. The van der Waals surface area contributed by atoms with Gasteiger partial charge in [-0.15, -0.1) is 0 Å². The molecule has 2 aromatic heterocycles. The molecule has 2 aliphatic rings. The summed E-state index contributed by atoms with van der Waals surface area (Å²) in [6.07, 6.45) is 6.07. The maximum Gasteiger partial charge on any atom is 0.227 e. The Kier molecular flexibility index (Phi) is 4.61. The fourth-order valence-corrected chi connectivity index (χ4v) is 3.98. The van der Waals surface area contributed by atoms with Crippen LogP contribution in [0.1, 0.15) is 41.1 Å². The Labute approximate surface area is 153 Å². The van der Waals surface area contributed by atoms with Crippen molar-refractivity contribution in [2.24, 2.45) is 0 Å². The van der Waals surface area contributed by atoms with E-state index in [0.29, 0.717) is 19.5 Å². The number of carbonyl (C=O) groups excluding carboxylic acids is 1. The van der Waals surface area contributed by atoms with Crippen molar-refractivity contribution in [3.8, 4) is 0 Å². The lowest BCUT2D eigenvalue weighted by Gasteiger charge is -2.21. The van der Waals surface area contributed by atoms with Crippen molar-refractivity contribution in [3.05, 3.63) is 34.6 Å². The van der Waals surface area contributed by atoms with Crippen molar-refractivity contribution < 1.29 is 9.32 Å². The number of hydrogen-bond acceptors (Lipinski definition) is 6. The Morgan fingerprint density at radius 1 is 1.12 bits per heavy atom. The maximum absolute atomic E-state index is 12.8. The summed E-state index contributed by atoms with van der Waals surface area (Å²) in [4.78, 5) is 26.2. The average Bonchev–Trinajstić information content (AvgIpc) is 3.21. The molecule has 2 aliphatic heterocycles. The van der Waals surface area contributed by atoms with E-state index in [1.807, 2.05) is 18.7 Å².